The number of halogens is 1. The first kappa shape index (κ1) is 14.1. The van der Waals surface area contributed by atoms with E-state index in [1.54, 1.807) is 0 Å². The van der Waals surface area contributed by atoms with Gasteiger partial charge in [-0.2, -0.15) is 0 Å². The molecule has 0 bridgehead atoms. The Kier molecular flexibility index (Phi) is 4.66. The third-order valence-corrected chi connectivity index (χ3v) is 4.04. The zero-order chi connectivity index (χ0) is 13.8. The Morgan fingerprint density at radius 3 is 1.95 bits per heavy atom. The van der Waals surface area contributed by atoms with Gasteiger partial charge in [-0.05, 0) is 60.1 Å². The quantitative estimate of drug-likeness (QED) is 0.702. The van der Waals surface area contributed by atoms with Crippen LogP contribution in [-0.4, -0.2) is 0 Å². The molecule has 0 unspecified atom stereocenters. The van der Waals surface area contributed by atoms with Gasteiger partial charge in [0, 0.05) is 5.02 Å². The van der Waals surface area contributed by atoms with E-state index >= 15 is 0 Å². The van der Waals surface area contributed by atoms with Crippen molar-refractivity contribution in [3.63, 3.8) is 0 Å². The summed E-state index contributed by atoms with van der Waals surface area (Å²) in [6.45, 7) is 6.49. The fourth-order valence-electron chi connectivity index (χ4n) is 2.37. The molecule has 0 heterocycles. The second-order valence-electron chi connectivity index (χ2n) is 5.07. The van der Waals surface area contributed by atoms with Gasteiger partial charge in [-0.15, -0.1) is 0 Å². The van der Waals surface area contributed by atoms with Gasteiger partial charge in [0.25, 0.3) is 0 Å². The van der Waals surface area contributed by atoms with Crippen molar-refractivity contribution >= 4 is 11.6 Å². The number of rotatable bonds is 4. The summed E-state index contributed by atoms with van der Waals surface area (Å²) in [5.74, 6) is 0. The molecule has 0 radical (unpaired) electrons. The van der Waals surface area contributed by atoms with E-state index in [0.717, 1.165) is 24.3 Å². The molecule has 0 atom stereocenters. The van der Waals surface area contributed by atoms with E-state index in [2.05, 4.69) is 57.2 Å². The molecule has 19 heavy (non-hydrogen) atoms. The largest absolute Gasteiger partial charge is 0.0840 e. The molecule has 0 spiro atoms. The molecular formula is C18H21Cl. The van der Waals surface area contributed by atoms with E-state index in [4.69, 9.17) is 11.6 Å². The van der Waals surface area contributed by atoms with Gasteiger partial charge >= 0.3 is 0 Å². The molecule has 2 aromatic rings. The van der Waals surface area contributed by atoms with Crippen molar-refractivity contribution in [3.05, 3.63) is 69.2 Å². The van der Waals surface area contributed by atoms with E-state index in [-0.39, 0.29) is 0 Å². The number of hydrogen-bond donors (Lipinski definition) is 0. The molecule has 0 amide bonds. The minimum Gasteiger partial charge on any atom is -0.0840 e. The average molecular weight is 273 g/mol. The highest BCUT2D eigenvalue weighted by Crippen LogP contribution is 2.25. The fourth-order valence-corrected chi connectivity index (χ4v) is 2.73. The number of aryl methyl sites for hydroxylation is 3. The van der Waals surface area contributed by atoms with Gasteiger partial charge < -0.3 is 0 Å². The predicted octanol–water partition coefficient (Wildman–Crippen LogP) is 5.36. The summed E-state index contributed by atoms with van der Waals surface area (Å²) < 4.78 is 0. The van der Waals surface area contributed by atoms with Crippen LogP contribution in [0.25, 0.3) is 0 Å². The molecule has 0 nitrogen and oxygen atoms in total. The summed E-state index contributed by atoms with van der Waals surface area (Å²) in [5.41, 5.74) is 6.57. The fraction of sp³-hybridized carbons (Fsp3) is 0.333. The van der Waals surface area contributed by atoms with Crippen molar-refractivity contribution < 1.29 is 0 Å². The van der Waals surface area contributed by atoms with Crippen LogP contribution in [0, 0.1) is 6.92 Å². The molecule has 1 heteroatoms. The van der Waals surface area contributed by atoms with E-state index in [1.807, 2.05) is 0 Å². The lowest BCUT2D eigenvalue weighted by molar-refractivity contribution is 1.09. The van der Waals surface area contributed by atoms with E-state index < -0.39 is 0 Å². The predicted molar refractivity (Wildman–Crippen MR) is 84.2 cm³/mol. The summed E-state index contributed by atoms with van der Waals surface area (Å²) in [7, 11) is 0. The molecule has 0 saturated carbocycles. The molecule has 0 aliphatic rings. The van der Waals surface area contributed by atoms with Crippen molar-refractivity contribution in [3.8, 4) is 0 Å². The molecule has 0 aromatic heterocycles. The SMILES string of the molecule is CCc1ccc(Cc2c(C)cc(CC)cc2Cl)cc1. The van der Waals surface area contributed by atoms with Crippen molar-refractivity contribution in [2.24, 2.45) is 0 Å². The Bertz CT molecular complexity index is 529. The normalized spacial score (nSPS) is 10.7. The van der Waals surface area contributed by atoms with Crippen LogP contribution in [0.3, 0.4) is 0 Å². The first-order valence-electron chi connectivity index (χ1n) is 6.99. The smallest absolute Gasteiger partial charge is 0.0446 e. The van der Waals surface area contributed by atoms with E-state index in [0.29, 0.717) is 0 Å². The highest BCUT2D eigenvalue weighted by Gasteiger charge is 2.07. The first-order chi connectivity index (χ1) is 9.13. The van der Waals surface area contributed by atoms with Crippen LogP contribution in [-0.2, 0) is 19.3 Å². The molecule has 0 N–H and O–H groups in total. The minimum absolute atomic E-state index is 0.899. The highest BCUT2D eigenvalue weighted by molar-refractivity contribution is 6.31. The Labute approximate surface area is 121 Å². The van der Waals surface area contributed by atoms with Crippen LogP contribution in [0.15, 0.2) is 36.4 Å². The Balaban J connectivity index is 2.27. The lowest BCUT2D eigenvalue weighted by Gasteiger charge is -2.11. The third-order valence-electron chi connectivity index (χ3n) is 3.70. The van der Waals surface area contributed by atoms with Gasteiger partial charge in [-0.1, -0.05) is 55.8 Å². The lowest BCUT2D eigenvalue weighted by Crippen LogP contribution is -1.96. The zero-order valence-corrected chi connectivity index (χ0v) is 12.7. The highest BCUT2D eigenvalue weighted by atomic mass is 35.5. The summed E-state index contributed by atoms with van der Waals surface area (Å²) in [4.78, 5) is 0. The molecule has 0 aliphatic carbocycles. The maximum atomic E-state index is 6.42. The van der Waals surface area contributed by atoms with E-state index in [1.165, 1.54) is 27.8 Å². The Morgan fingerprint density at radius 2 is 1.42 bits per heavy atom. The maximum Gasteiger partial charge on any atom is 0.0446 e. The van der Waals surface area contributed by atoms with Gasteiger partial charge in [0.2, 0.25) is 0 Å². The first-order valence-corrected chi connectivity index (χ1v) is 7.37. The molecule has 0 saturated heterocycles. The van der Waals surface area contributed by atoms with Gasteiger partial charge in [-0.25, -0.2) is 0 Å². The maximum absolute atomic E-state index is 6.42. The number of hydrogen-bond acceptors (Lipinski definition) is 0. The second kappa shape index (κ2) is 6.25. The van der Waals surface area contributed by atoms with Gasteiger partial charge in [-0.3, -0.25) is 0 Å². The molecular weight excluding hydrogens is 252 g/mol. The monoisotopic (exact) mass is 272 g/mol. The summed E-state index contributed by atoms with van der Waals surface area (Å²) in [6.07, 6.45) is 3.04. The Morgan fingerprint density at radius 1 is 0.842 bits per heavy atom. The van der Waals surface area contributed by atoms with Crippen LogP contribution < -0.4 is 0 Å². The van der Waals surface area contributed by atoms with Gasteiger partial charge in [0.05, 0.1) is 0 Å². The lowest BCUT2D eigenvalue weighted by atomic mass is 9.97. The topological polar surface area (TPSA) is 0 Å². The van der Waals surface area contributed by atoms with Gasteiger partial charge in [0.15, 0.2) is 0 Å². The van der Waals surface area contributed by atoms with Crippen LogP contribution in [0.2, 0.25) is 5.02 Å². The number of benzene rings is 2. The molecule has 100 valence electrons. The van der Waals surface area contributed by atoms with Crippen LogP contribution in [0.1, 0.15) is 41.7 Å². The molecule has 0 aliphatic heterocycles. The van der Waals surface area contributed by atoms with Crippen molar-refractivity contribution in [2.75, 3.05) is 0 Å². The minimum atomic E-state index is 0.899. The third kappa shape index (κ3) is 3.39. The van der Waals surface area contributed by atoms with Crippen molar-refractivity contribution in [2.45, 2.75) is 40.0 Å². The summed E-state index contributed by atoms with van der Waals surface area (Å²) in [5, 5.41) is 0.899. The average Bonchev–Trinajstić information content (AvgIpc) is 2.43. The van der Waals surface area contributed by atoms with Crippen LogP contribution in [0.4, 0.5) is 0 Å². The molecule has 2 aromatic carbocycles. The summed E-state index contributed by atoms with van der Waals surface area (Å²) >= 11 is 6.42. The van der Waals surface area contributed by atoms with Crippen LogP contribution >= 0.6 is 11.6 Å². The van der Waals surface area contributed by atoms with E-state index in [9.17, 15) is 0 Å². The summed E-state index contributed by atoms with van der Waals surface area (Å²) in [6, 6.07) is 13.2. The zero-order valence-electron chi connectivity index (χ0n) is 12.0. The second-order valence-corrected chi connectivity index (χ2v) is 5.48. The molecule has 2 rings (SSSR count). The van der Waals surface area contributed by atoms with Crippen LogP contribution in [0.5, 0.6) is 0 Å². The molecule has 0 fully saturated rings. The standard InChI is InChI=1S/C18H21Cl/c1-4-14-6-8-16(9-7-14)11-17-13(3)10-15(5-2)12-18(17)19/h6-10,12H,4-5,11H2,1-3H3. The van der Waals surface area contributed by atoms with Crippen molar-refractivity contribution in [1.82, 2.24) is 0 Å². The van der Waals surface area contributed by atoms with Crippen molar-refractivity contribution in [1.29, 1.82) is 0 Å². The Hall–Kier alpha value is -1.27. The van der Waals surface area contributed by atoms with Gasteiger partial charge in [0.1, 0.15) is 0 Å².